The molecule has 0 fully saturated rings. The molecule has 0 spiro atoms. The van der Waals surface area contributed by atoms with Gasteiger partial charge in [0, 0.05) is 18.9 Å². The maximum absolute atomic E-state index is 12.4. The molecule has 3 nitrogen and oxygen atoms in total. The van der Waals surface area contributed by atoms with Crippen LogP contribution in [0.5, 0.6) is 0 Å². The Balaban J connectivity index is 1.79. The van der Waals surface area contributed by atoms with Crippen molar-refractivity contribution >= 4 is 5.91 Å². The predicted molar refractivity (Wildman–Crippen MR) is 83.4 cm³/mol. The van der Waals surface area contributed by atoms with Gasteiger partial charge in [-0.15, -0.1) is 0 Å². The van der Waals surface area contributed by atoms with Crippen LogP contribution >= 0.6 is 0 Å². The molecule has 104 valence electrons. The van der Waals surface area contributed by atoms with Crippen molar-refractivity contribution in [3.63, 3.8) is 0 Å². The van der Waals surface area contributed by atoms with Gasteiger partial charge >= 0.3 is 0 Å². The zero-order valence-corrected chi connectivity index (χ0v) is 11.6. The van der Waals surface area contributed by atoms with E-state index >= 15 is 0 Å². The van der Waals surface area contributed by atoms with E-state index in [-0.39, 0.29) is 5.91 Å². The van der Waals surface area contributed by atoms with E-state index in [0.29, 0.717) is 12.1 Å². The van der Waals surface area contributed by atoms with Gasteiger partial charge < -0.3 is 9.88 Å². The van der Waals surface area contributed by atoms with Crippen molar-refractivity contribution in [3.8, 4) is 5.69 Å². The zero-order valence-electron chi connectivity index (χ0n) is 11.6. The predicted octanol–water partition coefficient (Wildman–Crippen LogP) is 3.41. The smallest absolute Gasteiger partial charge is 0.253 e. The lowest BCUT2D eigenvalue weighted by molar-refractivity contribution is 0.0951. The van der Waals surface area contributed by atoms with Crippen LogP contribution in [0, 0.1) is 0 Å². The van der Waals surface area contributed by atoms with Crippen LogP contribution in [0.1, 0.15) is 15.9 Å². The molecule has 3 rings (SSSR count). The molecule has 3 heteroatoms. The van der Waals surface area contributed by atoms with Crippen molar-refractivity contribution in [2.24, 2.45) is 0 Å². The van der Waals surface area contributed by atoms with Crippen molar-refractivity contribution < 1.29 is 4.79 Å². The normalized spacial score (nSPS) is 10.3. The molecule has 1 aromatic heterocycles. The summed E-state index contributed by atoms with van der Waals surface area (Å²) in [6.07, 6.45) is 3.87. The standard InChI is InChI=1S/C18H16N2O/c21-18(19-14-15-8-2-1-3-9-15)16-10-4-5-11-17(16)20-12-6-7-13-20/h1-13H,14H2,(H,19,21). The van der Waals surface area contributed by atoms with Crippen molar-refractivity contribution in [2.75, 3.05) is 0 Å². The highest BCUT2D eigenvalue weighted by atomic mass is 16.1. The number of nitrogens with one attached hydrogen (secondary N) is 1. The molecule has 0 aliphatic carbocycles. The summed E-state index contributed by atoms with van der Waals surface area (Å²) in [5, 5.41) is 2.97. The summed E-state index contributed by atoms with van der Waals surface area (Å²) in [6, 6.07) is 21.4. The lowest BCUT2D eigenvalue weighted by Crippen LogP contribution is -2.24. The Morgan fingerprint density at radius 3 is 2.29 bits per heavy atom. The number of benzene rings is 2. The topological polar surface area (TPSA) is 34.0 Å². The minimum atomic E-state index is -0.0665. The maximum atomic E-state index is 12.4. The van der Waals surface area contributed by atoms with Crippen molar-refractivity contribution in [1.29, 1.82) is 0 Å². The van der Waals surface area contributed by atoms with Gasteiger partial charge in [-0.05, 0) is 29.8 Å². The van der Waals surface area contributed by atoms with Gasteiger partial charge in [-0.25, -0.2) is 0 Å². The fourth-order valence-electron chi connectivity index (χ4n) is 2.26. The Morgan fingerprint density at radius 1 is 0.857 bits per heavy atom. The minimum Gasteiger partial charge on any atom is -0.348 e. The molecule has 0 atom stereocenters. The summed E-state index contributed by atoms with van der Waals surface area (Å²) in [5.41, 5.74) is 2.64. The molecule has 0 bridgehead atoms. The number of para-hydroxylation sites is 1. The molecule has 0 radical (unpaired) electrons. The van der Waals surface area contributed by atoms with Gasteiger partial charge in [-0.2, -0.15) is 0 Å². The van der Waals surface area contributed by atoms with Crippen LogP contribution < -0.4 is 5.32 Å². The second-order valence-corrected chi connectivity index (χ2v) is 4.78. The number of carbonyl (C=O) groups excluding carboxylic acids is 1. The molecule has 0 saturated carbocycles. The Kier molecular flexibility index (Phi) is 3.83. The van der Waals surface area contributed by atoms with E-state index < -0.39 is 0 Å². The van der Waals surface area contributed by atoms with Gasteiger partial charge in [0.15, 0.2) is 0 Å². The molecule has 1 N–H and O–H groups in total. The zero-order chi connectivity index (χ0) is 14.5. The molecule has 0 aliphatic rings. The average molecular weight is 276 g/mol. The average Bonchev–Trinajstić information content (AvgIpc) is 3.08. The summed E-state index contributed by atoms with van der Waals surface area (Å²) in [5.74, 6) is -0.0665. The third-order valence-electron chi connectivity index (χ3n) is 3.33. The fraction of sp³-hybridized carbons (Fsp3) is 0.0556. The van der Waals surface area contributed by atoms with Gasteiger partial charge in [0.25, 0.3) is 5.91 Å². The van der Waals surface area contributed by atoms with Crippen molar-refractivity contribution in [2.45, 2.75) is 6.54 Å². The van der Waals surface area contributed by atoms with Gasteiger partial charge in [0.05, 0.1) is 11.3 Å². The highest BCUT2D eigenvalue weighted by Gasteiger charge is 2.11. The highest BCUT2D eigenvalue weighted by molar-refractivity contribution is 5.97. The van der Waals surface area contributed by atoms with Crippen molar-refractivity contribution in [1.82, 2.24) is 9.88 Å². The van der Waals surface area contributed by atoms with Gasteiger partial charge in [-0.3, -0.25) is 4.79 Å². The summed E-state index contributed by atoms with van der Waals surface area (Å²) >= 11 is 0. The maximum Gasteiger partial charge on any atom is 0.253 e. The van der Waals surface area contributed by atoms with E-state index in [1.54, 1.807) is 0 Å². The number of hydrogen-bond donors (Lipinski definition) is 1. The lowest BCUT2D eigenvalue weighted by atomic mass is 10.1. The van der Waals surface area contributed by atoms with E-state index in [9.17, 15) is 4.79 Å². The number of hydrogen-bond acceptors (Lipinski definition) is 1. The Labute approximate surface area is 123 Å². The number of amides is 1. The van der Waals surface area contributed by atoms with Crippen LogP contribution in [-0.2, 0) is 6.54 Å². The Morgan fingerprint density at radius 2 is 1.52 bits per heavy atom. The molecule has 1 amide bonds. The monoisotopic (exact) mass is 276 g/mol. The summed E-state index contributed by atoms with van der Waals surface area (Å²) in [7, 11) is 0. The van der Waals surface area contributed by atoms with Crippen LogP contribution in [-0.4, -0.2) is 10.5 Å². The highest BCUT2D eigenvalue weighted by Crippen LogP contribution is 2.14. The third-order valence-corrected chi connectivity index (χ3v) is 3.33. The Bertz CT molecular complexity index is 718. The molecule has 21 heavy (non-hydrogen) atoms. The third kappa shape index (κ3) is 3.03. The van der Waals surface area contributed by atoms with Crippen LogP contribution in [0.4, 0.5) is 0 Å². The van der Waals surface area contributed by atoms with Crippen LogP contribution in [0.25, 0.3) is 5.69 Å². The fourth-order valence-corrected chi connectivity index (χ4v) is 2.26. The Hall–Kier alpha value is -2.81. The van der Waals surface area contributed by atoms with Gasteiger partial charge in [-0.1, -0.05) is 42.5 Å². The number of rotatable bonds is 4. The largest absolute Gasteiger partial charge is 0.348 e. The van der Waals surface area contributed by atoms with E-state index in [0.717, 1.165) is 11.3 Å². The van der Waals surface area contributed by atoms with Crippen LogP contribution in [0.15, 0.2) is 79.1 Å². The summed E-state index contributed by atoms with van der Waals surface area (Å²) < 4.78 is 1.94. The van der Waals surface area contributed by atoms with Crippen LogP contribution in [0.2, 0.25) is 0 Å². The SMILES string of the molecule is O=C(NCc1ccccc1)c1ccccc1-n1cccc1. The lowest BCUT2D eigenvalue weighted by Gasteiger charge is -2.11. The molecule has 3 aromatic rings. The van der Waals surface area contributed by atoms with E-state index in [4.69, 9.17) is 0 Å². The van der Waals surface area contributed by atoms with E-state index in [2.05, 4.69) is 5.32 Å². The molecular weight excluding hydrogens is 260 g/mol. The second kappa shape index (κ2) is 6.09. The number of carbonyl (C=O) groups is 1. The van der Waals surface area contributed by atoms with E-state index in [1.165, 1.54) is 0 Å². The molecule has 2 aromatic carbocycles. The first kappa shape index (κ1) is 13.2. The second-order valence-electron chi connectivity index (χ2n) is 4.78. The number of nitrogens with zero attached hydrogens (tertiary/aromatic N) is 1. The quantitative estimate of drug-likeness (QED) is 0.778. The first-order valence-corrected chi connectivity index (χ1v) is 6.89. The summed E-state index contributed by atoms with van der Waals surface area (Å²) in [6.45, 7) is 0.527. The molecule has 0 saturated heterocycles. The van der Waals surface area contributed by atoms with Gasteiger partial charge in [0.2, 0.25) is 0 Å². The molecule has 0 unspecified atom stereocenters. The van der Waals surface area contributed by atoms with Crippen molar-refractivity contribution in [3.05, 3.63) is 90.3 Å². The molecule has 0 aliphatic heterocycles. The molecule has 1 heterocycles. The number of aromatic nitrogens is 1. The minimum absolute atomic E-state index is 0.0665. The van der Waals surface area contributed by atoms with E-state index in [1.807, 2.05) is 83.7 Å². The first-order chi connectivity index (χ1) is 10.3. The molecular formula is C18H16N2O. The first-order valence-electron chi connectivity index (χ1n) is 6.89. The summed E-state index contributed by atoms with van der Waals surface area (Å²) in [4.78, 5) is 12.4. The van der Waals surface area contributed by atoms with Gasteiger partial charge in [0.1, 0.15) is 0 Å². The van der Waals surface area contributed by atoms with Crippen LogP contribution in [0.3, 0.4) is 0 Å².